The number of pyridine rings is 1. The minimum absolute atomic E-state index is 0.333. The Balaban J connectivity index is 2.47. The molecule has 0 atom stereocenters. The second-order valence-corrected chi connectivity index (χ2v) is 3.17. The molecule has 3 heteroatoms. The minimum Gasteiger partial charge on any atom is -0.453 e. The molecule has 0 saturated heterocycles. The van der Waals surface area contributed by atoms with Gasteiger partial charge in [-0.15, -0.1) is 0 Å². The predicted octanol–water partition coefficient (Wildman–Crippen LogP) is 1.98. The van der Waals surface area contributed by atoms with Crippen LogP contribution in [0.5, 0.6) is 11.5 Å². The Kier molecular flexibility index (Phi) is 1.15. The molecule has 0 amide bonds. The summed E-state index contributed by atoms with van der Waals surface area (Å²) >= 11 is 0. The van der Waals surface area contributed by atoms with Gasteiger partial charge in [0.15, 0.2) is 11.5 Å². The molecular weight excluding hydrogens is 166 g/mol. The Morgan fingerprint density at radius 3 is 3.00 bits per heavy atom. The summed E-state index contributed by atoms with van der Waals surface area (Å²) in [6.45, 7) is 2.40. The van der Waals surface area contributed by atoms with E-state index in [1.165, 1.54) is 5.56 Å². The van der Waals surface area contributed by atoms with Crippen molar-refractivity contribution in [1.29, 1.82) is 0 Å². The third-order valence-electron chi connectivity index (χ3n) is 2.36. The van der Waals surface area contributed by atoms with E-state index >= 15 is 0 Å². The van der Waals surface area contributed by atoms with Crippen molar-refractivity contribution in [3.8, 4) is 11.5 Å². The summed E-state index contributed by atoms with van der Waals surface area (Å²) < 4.78 is 12.7. The Hall–Kier alpha value is -1.64. The molecule has 0 saturated carbocycles. The third kappa shape index (κ3) is 0.786. The predicted molar refractivity (Wildman–Crippen MR) is 48.3 cm³/mol. The van der Waals surface area contributed by atoms with Crippen LogP contribution < -0.4 is 9.47 Å². The van der Waals surface area contributed by atoms with Crippen LogP contribution in [0.2, 0.25) is 0 Å². The maximum Gasteiger partial charge on any atom is 0.231 e. The number of ether oxygens (including phenoxy) is 2. The van der Waals surface area contributed by atoms with Gasteiger partial charge in [-0.2, -0.15) is 0 Å². The van der Waals surface area contributed by atoms with Crippen molar-refractivity contribution < 1.29 is 9.47 Å². The van der Waals surface area contributed by atoms with Gasteiger partial charge < -0.3 is 13.9 Å². The number of rotatable bonds is 0. The number of aromatic nitrogens is 1. The highest BCUT2D eigenvalue weighted by atomic mass is 16.7. The number of aryl methyl sites for hydroxylation is 1. The zero-order valence-electron chi connectivity index (χ0n) is 7.28. The van der Waals surface area contributed by atoms with Gasteiger partial charge in [0.2, 0.25) is 6.79 Å². The van der Waals surface area contributed by atoms with Gasteiger partial charge in [-0.1, -0.05) is 0 Å². The molecule has 66 valence electrons. The lowest BCUT2D eigenvalue weighted by Gasteiger charge is -2.00. The molecule has 3 nitrogen and oxygen atoms in total. The zero-order valence-corrected chi connectivity index (χ0v) is 7.28. The van der Waals surface area contributed by atoms with E-state index in [1.54, 1.807) is 0 Å². The Labute approximate surface area is 75.5 Å². The van der Waals surface area contributed by atoms with Crippen LogP contribution >= 0.6 is 0 Å². The van der Waals surface area contributed by atoms with Gasteiger partial charge in [-0.25, -0.2) is 0 Å². The second kappa shape index (κ2) is 2.19. The number of hydrogen-bond donors (Lipinski definition) is 0. The van der Waals surface area contributed by atoms with Crippen molar-refractivity contribution in [2.75, 3.05) is 6.79 Å². The molecule has 0 bridgehead atoms. The second-order valence-electron chi connectivity index (χ2n) is 3.17. The van der Waals surface area contributed by atoms with E-state index in [1.807, 2.05) is 22.9 Å². The monoisotopic (exact) mass is 175 g/mol. The number of nitrogens with zero attached hydrogens (tertiary/aromatic N) is 1. The van der Waals surface area contributed by atoms with Gasteiger partial charge >= 0.3 is 0 Å². The molecule has 0 unspecified atom stereocenters. The molecule has 13 heavy (non-hydrogen) atoms. The van der Waals surface area contributed by atoms with Crippen molar-refractivity contribution in [1.82, 2.24) is 4.40 Å². The summed E-state index contributed by atoms with van der Waals surface area (Å²) in [6.07, 6.45) is 4.00. The fraction of sp³-hybridized carbons (Fsp3) is 0.200. The van der Waals surface area contributed by atoms with E-state index in [-0.39, 0.29) is 0 Å². The lowest BCUT2D eigenvalue weighted by Crippen LogP contribution is -1.93. The first-order chi connectivity index (χ1) is 6.36. The van der Waals surface area contributed by atoms with E-state index in [2.05, 4.69) is 13.0 Å². The lowest BCUT2D eigenvalue weighted by molar-refractivity contribution is 0.174. The zero-order chi connectivity index (χ0) is 8.84. The smallest absolute Gasteiger partial charge is 0.231 e. The van der Waals surface area contributed by atoms with Crippen LogP contribution in [0.15, 0.2) is 24.5 Å². The highest BCUT2D eigenvalue weighted by molar-refractivity contribution is 5.71. The fourth-order valence-corrected chi connectivity index (χ4v) is 1.72. The molecule has 0 aromatic carbocycles. The Morgan fingerprint density at radius 1 is 1.23 bits per heavy atom. The van der Waals surface area contributed by atoms with E-state index in [9.17, 15) is 0 Å². The van der Waals surface area contributed by atoms with Crippen molar-refractivity contribution in [3.05, 3.63) is 30.1 Å². The SMILES string of the molecule is Cc1ccn2ccc3c(c12)OCO3. The first-order valence-corrected chi connectivity index (χ1v) is 4.22. The van der Waals surface area contributed by atoms with Gasteiger partial charge in [-0.3, -0.25) is 0 Å². The summed E-state index contributed by atoms with van der Waals surface area (Å²) in [7, 11) is 0. The first kappa shape index (κ1) is 6.83. The Morgan fingerprint density at radius 2 is 2.08 bits per heavy atom. The van der Waals surface area contributed by atoms with Gasteiger partial charge in [0.1, 0.15) is 0 Å². The van der Waals surface area contributed by atoms with Crippen molar-refractivity contribution in [3.63, 3.8) is 0 Å². The Bertz CT molecular complexity index is 473. The maximum absolute atomic E-state index is 5.41. The van der Waals surface area contributed by atoms with Crippen molar-refractivity contribution in [2.24, 2.45) is 0 Å². The van der Waals surface area contributed by atoms with E-state index in [0.29, 0.717) is 6.79 Å². The first-order valence-electron chi connectivity index (χ1n) is 4.22. The fourth-order valence-electron chi connectivity index (χ4n) is 1.72. The highest BCUT2D eigenvalue weighted by Crippen LogP contribution is 2.37. The van der Waals surface area contributed by atoms with Crippen LogP contribution in [-0.2, 0) is 0 Å². The summed E-state index contributed by atoms with van der Waals surface area (Å²) in [5.74, 6) is 1.71. The standard InChI is InChI=1S/C10H9NO2/c1-7-2-4-11-5-3-8-10(9(7)11)13-6-12-8/h2-5H,6H2,1H3. The maximum atomic E-state index is 5.41. The quantitative estimate of drug-likeness (QED) is 0.611. The largest absolute Gasteiger partial charge is 0.453 e. The molecule has 0 radical (unpaired) electrons. The van der Waals surface area contributed by atoms with Gasteiger partial charge in [-0.05, 0) is 18.6 Å². The van der Waals surface area contributed by atoms with Crippen LogP contribution in [0.3, 0.4) is 0 Å². The van der Waals surface area contributed by atoms with Crippen LogP contribution in [0.4, 0.5) is 0 Å². The van der Waals surface area contributed by atoms with Gasteiger partial charge in [0.05, 0.1) is 5.52 Å². The molecule has 2 aromatic rings. The van der Waals surface area contributed by atoms with E-state index in [0.717, 1.165) is 17.0 Å². The summed E-state index contributed by atoms with van der Waals surface area (Å²) in [6, 6.07) is 3.99. The van der Waals surface area contributed by atoms with Crippen LogP contribution in [-0.4, -0.2) is 11.2 Å². The average Bonchev–Trinajstić information content (AvgIpc) is 2.70. The molecule has 1 aliphatic heterocycles. The molecule has 0 aliphatic carbocycles. The van der Waals surface area contributed by atoms with Crippen LogP contribution in [0, 0.1) is 6.92 Å². The molecule has 3 heterocycles. The lowest BCUT2D eigenvalue weighted by atomic mass is 10.2. The molecular formula is C10H9NO2. The summed E-state index contributed by atoms with van der Waals surface area (Å²) in [5, 5.41) is 0. The summed E-state index contributed by atoms with van der Waals surface area (Å²) in [5.41, 5.74) is 2.32. The molecule has 0 N–H and O–H groups in total. The highest BCUT2D eigenvalue weighted by Gasteiger charge is 2.17. The van der Waals surface area contributed by atoms with Gasteiger partial charge in [0, 0.05) is 18.5 Å². The topological polar surface area (TPSA) is 22.9 Å². The van der Waals surface area contributed by atoms with Crippen LogP contribution in [0.25, 0.3) is 5.52 Å². The van der Waals surface area contributed by atoms with Gasteiger partial charge in [0.25, 0.3) is 0 Å². The molecule has 1 aliphatic rings. The third-order valence-corrected chi connectivity index (χ3v) is 2.36. The molecule has 2 aromatic heterocycles. The molecule has 0 fully saturated rings. The minimum atomic E-state index is 0.333. The summed E-state index contributed by atoms with van der Waals surface area (Å²) in [4.78, 5) is 0. The van der Waals surface area contributed by atoms with E-state index in [4.69, 9.17) is 9.47 Å². The van der Waals surface area contributed by atoms with Crippen LogP contribution in [0.1, 0.15) is 5.56 Å². The van der Waals surface area contributed by atoms with Crippen molar-refractivity contribution >= 4 is 5.52 Å². The number of hydrogen-bond acceptors (Lipinski definition) is 2. The average molecular weight is 175 g/mol. The van der Waals surface area contributed by atoms with Crippen molar-refractivity contribution in [2.45, 2.75) is 6.92 Å². The normalized spacial score (nSPS) is 13.9. The van der Waals surface area contributed by atoms with E-state index < -0.39 is 0 Å². The molecule has 0 spiro atoms. The molecule has 3 rings (SSSR count). The number of fused-ring (bicyclic) bond motifs is 3.